The largest absolute Gasteiger partial charge is 0.489 e. The van der Waals surface area contributed by atoms with Crippen molar-refractivity contribution in [2.24, 2.45) is 5.10 Å². The van der Waals surface area contributed by atoms with Crippen molar-refractivity contribution in [1.29, 1.82) is 0 Å². The third-order valence-electron chi connectivity index (χ3n) is 4.58. The maximum absolute atomic E-state index is 13.6. The van der Waals surface area contributed by atoms with Gasteiger partial charge >= 0.3 is 11.8 Å². The summed E-state index contributed by atoms with van der Waals surface area (Å²) in [6.45, 7) is 4.19. The van der Waals surface area contributed by atoms with Crippen LogP contribution < -0.4 is 15.5 Å². The van der Waals surface area contributed by atoms with E-state index in [0.717, 1.165) is 16.7 Å². The van der Waals surface area contributed by atoms with Crippen molar-refractivity contribution < 1.29 is 18.7 Å². The summed E-state index contributed by atoms with van der Waals surface area (Å²) in [6.07, 6.45) is 0. The second-order valence-electron chi connectivity index (χ2n) is 6.81. The first-order valence-corrected chi connectivity index (χ1v) is 9.62. The van der Waals surface area contributed by atoms with E-state index in [9.17, 15) is 14.0 Å². The Kier molecular flexibility index (Phi) is 7.11. The molecule has 0 unspecified atom stereocenters. The van der Waals surface area contributed by atoms with Crippen LogP contribution in [0, 0.1) is 12.7 Å². The Labute approximate surface area is 179 Å². The van der Waals surface area contributed by atoms with Gasteiger partial charge in [-0.1, -0.05) is 36.4 Å². The highest BCUT2D eigenvalue weighted by Gasteiger charge is 2.15. The molecule has 158 valence electrons. The Balaban J connectivity index is 1.55. The molecule has 2 amide bonds. The molecule has 2 N–H and O–H groups in total. The summed E-state index contributed by atoms with van der Waals surface area (Å²) >= 11 is 0. The van der Waals surface area contributed by atoms with E-state index >= 15 is 0 Å². The van der Waals surface area contributed by atoms with Crippen LogP contribution in [-0.4, -0.2) is 17.5 Å². The summed E-state index contributed by atoms with van der Waals surface area (Å²) in [5, 5.41) is 6.14. The van der Waals surface area contributed by atoms with Crippen LogP contribution in [0.3, 0.4) is 0 Å². The molecule has 0 saturated heterocycles. The first-order chi connectivity index (χ1) is 14.9. The van der Waals surface area contributed by atoms with Crippen LogP contribution in [0.2, 0.25) is 0 Å². The third kappa shape index (κ3) is 5.99. The Morgan fingerprint density at radius 2 is 1.61 bits per heavy atom. The third-order valence-corrected chi connectivity index (χ3v) is 4.58. The lowest BCUT2D eigenvalue weighted by atomic mass is 10.1. The Morgan fingerprint density at radius 1 is 0.935 bits per heavy atom. The zero-order valence-electron chi connectivity index (χ0n) is 17.2. The van der Waals surface area contributed by atoms with E-state index in [0.29, 0.717) is 18.1 Å². The van der Waals surface area contributed by atoms with Gasteiger partial charge in [0.15, 0.2) is 0 Å². The van der Waals surface area contributed by atoms with Crippen molar-refractivity contribution in [1.82, 2.24) is 5.43 Å². The van der Waals surface area contributed by atoms with Crippen LogP contribution in [0.25, 0.3) is 0 Å². The van der Waals surface area contributed by atoms with E-state index in [4.69, 9.17) is 4.74 Å². The van der Waals surface area contributed by atoms with Gasteiger partial charge in [-0.15, -0.1) is 0 Å². The fraction of sp³-hybridized carbons (Fsp3) is 0.125. The molecule has 31 heavy (non-hydrogen) atoms. The van der Waals surface area contributed by atoms with E-state index in [1.54, 1.807) is 37.3 Å². The number of halogens is 1. The minimum Gasteiger partial charge on any atom is -0.489 e. The van der Waals surface area contributed by atoms with Gasteiger partial charge in [0.2, 0.25) is 0 Å². The van der Waals surface area contributed by atoms with E-state index in [1.165, 1.54) is 18.2 Å². The van der Waals surface area contributed by atoms with E-state index in [-0.39, 0.29) is 5.69 Å². The Morgan fingerprint density at radius 3 is 2.32 bits per heavy atom. The lowest BCUT2D eigenvalue weighted by Crippen LogP contribution is -2.33. The number of hydrogen-bond donors (Lipinski definition) is 2. The number of carbonyl (C=O) groups excluding carboxylic acids is 2. The molecular formula is C24H22FN3O3. The lowest BCUT2D eigenvalue weighted by molar-refractivity contribution is -0.136. The van der Waals surface area contributed by atoms with Crippen molar-refractivity contribution in [3.05, 3.63) is 95.3 Å². The number of carbonyl (C=O) groups is 2. The number of aryl methyl sites for hydroxylation is 1. The molecule has 3 rings (SSSR count). The van der Waals surface area contributed by atoms with Crippen LogP contribution >= 0.6 is 0 Å². The number of hydrazone groups is 1. The summed E-state index contributed by atoms with van der Waals surface area (Å²) in [5.74, 6) is -1.94. The number of hydrogen-bond acceptors (Lipinski definition) is 4. The SMILES string of the molecule is CC(=NNC(=O)C(=O)Nc1ccccc1F)c1ccc(OCc2ccccc2C)cc1. The van der Waals surface area contributed by atoms with Gasteiger partial charge in [0.1, 0.15) is 18.2 Å². The molecule has 0 aliphatic carbocycles. The molecular weight excluding hydrogens is 397 g/mol. The van der Waals surface area contributed by atoms with E-state index < -0.39 is 17.6 Å². The number of para-hydroxylation sites is 1. The van der Waals surface area contributed by atoms with Gasteiger partial charge in [0.05, 0.1) is 11.4 Å². The number of amides is 2. The van der Waals surface area contributed by atoms with Gasteiger partial charge in [-0.2, -0.15) is 5.10 Å². The topological polar surface area (TPSA) is 79.8 Å². The van der Waals surface area contributed by atoms with Crippen molar-refractivity contribution in [3.63, 3.8) is 0 Å². The second kappa shape index (κ2) is 10.2. The predicted molar refractivity (Wildman–Crippen MR) is 117 cm³/mol. The van der Waals surface area contributed by atoms with Gasteiger partial charge in [-0.3, -0.25) is 9.59 Å². The van der Waals surface area contributed by atoms with Crippen LogP contribution in [-0.2, 0) is 16.2 Å². The molecule has 0 atom stereocenters. The van der Waals surface area contributed by atoms with Gasteiger partial charge in [0.25, 0.3) is 0 Å². The van der Waals surface area contributed by atoms with Gasteiger partial charge in [-0.05, 0) is 66.9 Å². The lowest BCUT2D eigenvalue weighted by Gasteiger charge is -2.09. The standard InChI is InChI=1S/C24H22FN3O3/c1-16-7-3-4-8-19(16)15-31-20-13-11-18(12-14-20)17(2)27-28-24(30)23(29)26-22-10-6-5-9-21(22)25/h3-14H,15H2,1-2H3,(H,26,29)(H,28,30). The highest BCUT2D eigenvalue weighted by Crippen LogP contribution is 2.16. The minimum absolute atomic E-state index is 0.0790. The maximum Gasteiger partial charge on any atom is 0.329 e. The Hall–Kier alpha value is -4.00. The quantitative estimate of drug-likeness (QED) is 0.357. The molecule has 3 aromatic carbocycles. The number of rotatable bonds is 6. The van der Waals surface area contributed by atoms with Crippen molar-refractivity contribution in [2.75, 3.05) is 5.32 Å². The predicted octanol–water partition coefficient (Wildman–Crippen LogP) is 4.19. The second-order valence-corrected chi connectivity index (χ2v) is 6.81. The van der Waals surface area contributed by atoms with Gasteiger partial charge in [0, 0.05) is 0 Å². The van der Waals surface area contributed by atoms with Crippen molar-refractivity contribution >= 4 is 23.2 Å². The molecule has 0 spiro atoms. The first-order valence-electron chi connectivity index (χ1n) is 9.62. The monoisotopic (exact) mass is 419 g/mol. The molecule has 0 radical (unpaired) electrons. The number of benzene rings is 3. The molecule has 0 fully saturated rings. The molecule has 3 aromatic rings. The average molecular weight is 419 g/mol. The number of nitrogens with one attached hydrogen (secondary N) is 2. The fourth-order valence-corrected chi connectivity index (χ4v) is 2.72. The maximum atomic E-state index is 13.6. The smallest absolute Gasteiger partial charge is 0.329 e. The molecule has 0 aliphatic heterocycles. The molecule has 0 aromatic heterocycles. The van der Waals surface area contributed by atoms with Crippen LogP contribution in [0.15, 0.2) is 77.9 Å². The molecule has 0 bridgehead atoms. The van der Waals surface area contributed by atoms with E-state index in [1.807, 2.05) is 31.2 Å². The normalized spacial score (nSPS) is 11.0. The molecule has 7 heteroatoms. The fourth-order valence-electron chi connectivity index (χ4n) is 2.72. The summed E-state index contributed by atoms with van der Waals surface area (Å²) in [7, 11) is 0. The zero-order valence-corrected chi connectivity index (χ0v) is 17.2. The average Bonchev–Trinajstić information content (AvgIpc) is 2.78. The van der Waals surface area contributed by atoms with E-state index in [2.05, 4.69) is 15.8 Å². The number of nitrogens with zero attached hydrogens (tertiary/aromatic N) is 1. The Bertz CT molecular complexity index is 1110. The number of ether oxygens (including phenoxy) is 1. The molecule has 6 nitrogen and oxygen atoms in total. The summed E-state index contributed by atoms with van der Waals surface area (Å²) in [5.41, 5.74) is 5.61. The van der Waals surface area contributed by atoms with Gasteiger partial charge in [-0.25, -0.2) is 9.82 Å². The van der Waals surface area contributed by atoms with Crippen molar-refractivity contribution in [2.45, 2.75) is 20.5 Å². The van der Waals surface area contributed by atoms with Crippen LogP contribution in [0.1, 0.15) is 23.6 Å². The summed E-state index contributed by atoms with van der Waals surface area (Å²) in [4.78, 5) is 23.8. The number of anilines is 1. The van der Waals surface area contributed by atoms with Crippen molar-refractivity contribution in [3.8, 4) is 5.75 Å². The van der Waals surface area contributed by atoms with Gasteiger partial charge < -0.3 is 10.1 Å². The molecule has 0 saturated carbocycles. The highest BCUT2D eigenvalue weighted by atomic mass is 19.1. The van der Waals surface area contributed by atoms with Crippen LogP contribution in [0.5, 0.6) is 5.75 Å². The molecule has 0 aliphatic rings. The molecule has 0 heterocycles. The first kappa shape index (κ1) is 21.7. The summed E-state index contributed by atoms with van der Waals surface area (Å²) < 4.78 is 19.4. The minimum atomic E-state index is -1.01. The highest BCUT2D eigenvalue weighted by molar-refractivity contribution is 6.39. The zero-order chi connectivity index (χ0) is 22.2. The van der Waals surface area contributed by atoms with Crippen LogP contribution in [0.4, 0.5) is 10.1 Å². The summed E-state index contributed by atoms with van der Waals surface area (Å²) in [6, 6.07) is 20.8.